The topological polar surface area (TPSA) is 55.3 Å². The maximum Gasteiger partial charge on any atom is 0.223 e. The smallest absolute Gasteiger partial charge is 0.223 e. The number of aromatic nitrogens is 2. The number of hydrogen-bond donors (Lipinski definition) is 0. The minimum atomic E-state index is 0.124. The lowest BCUT2D eigenvalue weighted by Crippen LogP contribution is -2.33. The molecule has 1 aromatic carbocycles. The Balaban J connectivity index is 2.05. The first-order chi connectivity index (χ1) is 12.5. The number of carbonyl (C=O) groups is 1. The van der Waals surface area contributed by atoms with E-state index >= 15 is 0 Å². The van der Waals surface area contributed by atoms with Crippen LogP contribution in [0, 0.1) is 13.8 Å². The molecule has 0 atom stereocenters. The molecule has 0 aliphatic heterocycles. The Morgan fingerprint density at radius 3 is 2.38 bits per heavy atom. The minimum absolute atomic E-state index is 0.124. The van der Waals surface area contributed by atoms with E-state index in [1.54, 1.807) is 7.11 Å². The van der Waals surface area contributed by atoms with Crippen LogP contribution in [0.15, 0.2) is 35.5 Å². The van der Waals surface area contributed by atoms with Crippen LogP contribution < -0.4 is 0 Å². The fourth-order valence-electron chi connectivity index (χ4n) is 2.85. The predicted molar refractivity (Wildman–Crippen MR) is 105 cm³/mol. The first-order valence-electron chi connectivity index (χ1n) is 8.74. The maximum atomic E-state index is 12.8. The molecule has 2 aromatic rings. The molecule has 1 aromatic heterocycles. The van der Waals surface area contributed by atoms with Gasteiger partial charge in [-0.3, -0.25) is 4.79 Å². The van der Waals surface area contributed by atoms with E-state index in [2.05, 4.69) is 9.97 Å². The van der Waals surface area contributed by atoms with Crippen molar-refractivity contribution >= 4 is 17.7 Å². The number of thioether (sulfide) groups is 1. The summed E-state index contributed by atoms with van der Waals surface area (Å²) in [5.41, 5.74) is 4.11. The van der Waals surface area contributed by atoms with E-state index in [0.717, 1.165) is 27.7 Å². The van der Waals surface area contributed by atoms with E-state index in [-0.39, 0.29) is 5.91 Å². The molecule has 26 heavy (non-hydrogen) atoms. The zero-order valence-electron chi connectivity index (χ0n) is 16.0. The Morgan fingerprint density at radius 1 is 1.15 bits per heavy atom. The number of carbonyl (C=O) groups excluding carboxylic acids is 1. The van der Waals surface area contributed by atoms with Gasteiger partial charge in [-0.25, -0.2) is 9.97 Å². The Kier molecular flexibility index (Phi) is 8.06. The highest BCUT2D eigenvalue weighted by atomic mass is 32.2. The van der Waals surface area contributed by atoms with Gasteiger partial charge in [0.2, 0.25) is 5.91 Å². The summed E-state index contributed by atoms with van der Waals surface area (Å²) in [5.74, 6) is 0.124. The SMILES string of the molecule is COCCN(Cc1ccccc1)C(=O)CCc1c(C)nc(SC)nc1C. The molecular weight excluding hydrogens is 346 g/mol. The second-order valence-electron chi connectivity index (χ2n) is 6.15. The zero-order valence-corrected chi connectivity index (χ0v) is 16.8. The third-order valence-corrected chi connectivity index (χ3v) is 4.85. The number of benzene rings is 1. The van der Waals surface area contributed by atoms with Crippen molar-refractivity contribution in [1.82, 2.24) is 14.9 Å². The van der Waals surface area contributed by atoms with Gasteiger partial charge in [-0.05, 0) is 37.7 Å². The summed E-state index contributed by atoms with van der Waals surface area (Å²) in [6.45, 7) is 5.69. The number of rotatable bonds is 9. The van der Waals surface area contributed by atoms with Crippen LogP contribution in [-0.4, -0.2) is 47.3 Å². The monoisotopic (exact) mass is 373 g/mol. The van der Waals surface area contributed by atoms with E-state index in [1.165, 1.54) is 11.8 Å². The fraction of sp³-hybridized carbons (Fsp3) is 0.450. The van der Waals surface area contributed by atoms with Crippen molar-refractivity contribution in [3.63, 3.8) is 0 Å². The summed E-state index contributed by atoms with van der Waals surface area (Å²) in [5, 5.41) is 0.779. The summed E-state index contributed by atoms with van der Waals surface area (Å²) in [4.78, 5) is 23.7. The van der Waals surface area contributed by atoms with Gasteiger partial charge in [-0.15, -0.1) is 0 Å². The number of hydrogen-bond acceptors (Lipinski definition) is 5. The van der Waals surface area contributed by atoms with Crippen molar-refractivity contribution in [1.29, 1.82) is 0 Å². The number of aryl methyl sites for hydroxylation is 2. The van der Waals surface area contributed by atoms with Gasteiger partial charge >= 0.3 is 0 Å². The number of amides is 1. The van der Waals surface area contributed by atoms with Gasteiger partial charge < -0.3 is 9.64 Å². The van der Waals surface area contributed by atoms with Crippen LogP contribution in [-0.2, 0) is 22.5 Å². The highest BCUT2D eigenvalue weighted by molar-refractivity contribution is 7.98. The third-order valence-electron chi connectivity index (χ3n) is 4.31. The van der Waals surface area contributed by atoms with Gasteiger partial charge in [0.1, 0.15) is 0 Å². The van der Waals surface area contributed by atoms with Crippen molar-refractivity contribution in [2.45, 2.75) is 38.4 Å². The summed E-state index contributed by atoms with van der Waals surface area (Å²) < 4.78 is 5.17. The zero-order chi connectivity index (χ0) is 18.9. The number of ether oxygens (including phenoxy) is 1. The molecule has 0 bridgehead atoms. The molecule has 5 nitrogen and oxygen atoms in total. The standard InChI is InChI=1S/C20H27N3O2S/c1-15-18(16(2)22-20(21-15)26-4)10-11-19(24)23(12-13-25-3)14-17-8-6-5-7-9-17/h5-9H,10-14H2,1-4H3. The van der Waals surface area contributed by atoms with E-state index in [9.17, 15) is 4.79 Å². The summed E-state index contributed by atoms with van der Waals surface area (Å²) in [7, 11) is 1.66. The Labute approximate surface area is 160 Å². The molecule has 1 amide bonds. The highest BCUT2D eigenvalue weighted by Gasteiger charge is 2.16. The van der Waals surface area contributed by atoms with Crippen molar-refractivity contribution in [3.8, 4) is 0 Å². The summed E-state index contributed by atoms with van der Waals surface area (Å²) in [6.07, 6.45) is 3.07. The first-order valence-corrected chi connectivity index (χ1v) is 9.96. The van der Waals surface area contributed by atoms with Crippen molar-refractivity contribution in [3.05, 3.63) is 52.8 Å². The minimum Gasteiger partial charge on any atom is -0.383 e. The molecule has 0 saturated heterocycles. The molecule has 2 rings (SSSR count). The first kappa shape index (κ1) is 20.4. The normalized spacial score (nSPS) is 10.8. The molecule has 0 saturated carbocycles. The lowest BCUT2D eigenvalue weighted by Gasteiger charge is -2.23. The lowest BCUT2D eigenvalue weighted by atomic mass is 10.1. The van der Waals surface area contributed by atoms with Gasteiger partial charge in [0.05, 0.1) is 6.61 Å². The molecular formula is C20H27N3O2S. The molecule has 0 unspecified atom stereocenters. The third kappa shape index (κ3) is 5.81. The van der Waals surface area contributed by atoms with Crippen LogP contribution in [0.5, 0.6) is 0 Å². The molecule has 0 fully saturated rings. The van der Waals surface area contributed by atoms with Gasteiger partial charge in [0.15, 0.2) is 5.16 Å². The van der Waals surface area contributed by atoms with Crippen LogP contribution in [0.3, 0.4) is 0 Å². The highest BCUT2D eigenvalue weighted by Crippen LogP contribution is 2.18. The molecule has 0 spiro atoms. The van der Waals surface area contributed by atoms with Crippen LogP contribution >= 0.6 is 11.8 Å². The predicted octanol–water partition coefficient (Wildman–Crippen LogP) is 3.42. The molecule has 0 aliphatic rings. The molecule has 0 radical (unpaired) electrons. The van der Waals surface area contributed by atoms with Crippen LogP contribution in [0.4, 0.5) is 0 Å². The van der Waals surface area contributed by atoms with E-state index in [1.807, 2.05) is 55.3 Å². The second kappa shape index (κ2) is 10.3. The quantitative estimate of drug-likeness (QED) is 0.498. The second-order valence-corrected chi connectivity index (χ2v) is 6.93. The Hall–Kier alpha value is -1.92. The number of methoxy groups -OCH3 is 1. The van der Waals surface area contributed by atoms with Crippen LogP contribution in [0.25, 0.3) is 0 Å². The van der Waals surface area contributed by atoms with Gasteiger partial charge in [0.25, 0.3) is 0 Å². The van der Waals surface area contributed by atoms with Crippen LogP contribution in [0.2, 0.25) is 0 Å². The molecule has 6 heteroatoms. The molecule has 0 N–H and O–H groups in total. The molecule has 140 valence electrons. The summed E-state index contributed by atoms with van der Waals surface area (Å²) >= 11 is 1.53. The van der Waals surface area contributed by atoms with Gasteiger partial charge in [-0.2, -0.15) is 0 Å². The van der Waals surface area contributed by atoms with Gasteiger partial charge in [-0.1, -0.05) is 42.1 Å². The average Bonchev–Trinajstić information content (AvgIpc) is 2.64. The Morgan fingerprint density at radius 2 is 1.81 bits per heavy atom. The fourth-order valence-corrected chi connectivity index (χ4v) is 3.31. The van der Waals surface area contributed by atoms with Crippen molar-refractivity contribution in [2.24, 2.45) is 0 Å². The average molecular weight is 374 g/mol. The lowest BCUT2D eigenvalue weighted by molar-refractivity contribution is -0.132. The molecule has 1 heterocycles. The van der Waals surface area contributed by atoms with E-state index in [4.69, 9.17) is 4.74 Å². The Bertz CT molecular complexity index is 699. The summed E-state index contributed by atoms with van der Waals surface area (Å²) in [6, 6.07) is 10.0. The van der Waals surface area contributed by atoms with Crippen LogP contribution in [0.1, 0.15) is 28.9 Å². The largest absolute Gasteiger partial charge is 0.383 e. The van der Waals surface area contributed by atoms with E-state index < -0.39 is 0 Å². The van der Waals surface area contributed by atoms with Gasteiger partial charge in [0, 0.05) is 38.0 Å². The molecule has 0 aliphatic carbocycles. The van der Waals surface area contributed by atoms with Crippen molar-refractivity contribution in [2.75, 3.05) is 26.5 Å². The number of nitrogens with zero attached hydrogens (tertiary/aromatic N) is 3. The van der Waals surface area contributed by atoms with Crippen molar-refractivity contribution < 1.29 is 9.53 Å². The maximum absolute atomic E-state index is 12.8. The van der Waals surface area contributed by atoms with E-state index in [0.29, 0.717) is 32.5 Å².